The van der Waals surface area contributed by atoms with Crippen LogP contribution < -0.4 is 5.32 Å². The second-order valence-electron chi connectivity index (χ2n) is 5.89. The van der Waals surface area contributed by atoms with Crippen LogP contribution in [0.3, 0.4) is 0 Å². The van der Waals surface area contributed by atoms with Crippen LogP contribution >= 0.6 is 0 Å². The number of alkyl halides is 3. The molecule has 2 nitrogen and oxygen atoms in total. The van der Waals surface area contributed by atoms with E-state index in [1.54, 1.807) is 6.07 Å². The molecule has 2 atom stereocenters. The summed E-state index contributed by atoms with van der Waals surface area (Å²) in [7, 11) is 0. The van der Waals surface area contributed by atoms with Crippen LogP contribution in [0, 0.1) is 5.92 Å². The van der Waals surface area contributed by atoms with Gasteiger partial charge in [-0.05, 0) is 43.1 Å². The number of halogens is 3. The van der Waals surface area contributed by atoms with Crippen molar-refractivity contribution in [1.82, 2.24) is 10.2 Å². The monoisotopic (exact) mass is 300 g/mol. The van der Waals surface area contributed by atoms with Crippen LogP contribution in [0.1, 0.15) is 37.4 Å². The van der Waals surface area contributed by atoms with Gasteiger partial charge in [-0.15, -0.1) is 0 Å². The second-order valence-corrected chi connectivity index (χ2v) is 5.89. The summed E-state index contributed by atoms with van der Waals surface area (Å²) < 4.78 is 38.5. The van der Waals surface area contributed by atoms with Gasteiger partial charge in [-0.3, -0.25) is 0 Å². The third-order valence-electron chi connectivity index (χ3n) is 4.02. The largest absolute Gasteiger partial charge is 0.416 e. The van der Waals surface area contributed by atoms with Gasteiger partial charge in [-0.1, -0.05) is 26.0 Å². The van der Waals surface area contributed by atoms with Crippen molar-refractivity contribution in [3.05, 3.63) is 35.4 Å². The molecule has 1 aliphatic heterocycles. The van der Waals surface area contributed by atoms with E-state index in [0.717, 1.165) is 32.2 Å². The summed E-state index contributed by atoms with van der Waals surface area (Å²) in [6, 6.07) is 5.62. The van der Waals surface area contributed by atoms with Crippen LogP contribution in [-0.4, -0.2) is 31.1 Å². The highest BCUT2D eigenvalue weighted by Crippen LogP contribution is 2.31. The Labute approximate surface area is 124 Å². The predicted molar refractivity (Wildman–Crippen MR) is 78.1 cm³/mol. The molecule has 1 fully saturated rings. The average Bonchev–Trinajstić information content (AvgIpc) is 2.83. The number of hydrogen-bond acceptors (Lipinski definition) is 2. The zero-order chi connectivity index (χ0) is 15.5. The standard InChI is InChI=1S/C16H23F3N2/c1-3-20-15(11-21-8-7-12(2)10-21)13-5-4-6-14(9-13)16(17,18)19/h4-6,9,12,15,20H,3,7-8,10-11H2,1-2H3. The lowest BCUT2D eigenvalue weighted by molar-refractivity contribution is -0.137. The minimum absolute atomic E-state index is 0.0531. The molecular formula is C16H23F3N2. The lowest BCUT2D eigenvalue weighted by Crippen LogP contribution is -2.34. The van der Waals surface area contributed by atoms with E-state index in [0.29, 0.717) is 11.5 Å². The van der Waals surface area contributed by atoms with Crippen molar-refractivity contribution in [2.45, 2.75) is 32.5 Å². The molecule has 0 amide bonds. The fraction of sp³-hybridized carbons (Fsp3) is 0.625. The number of nitrogens with zero attached hydrogens (tertiary/aromatic N) is 1. The average molecular weight is 300 g/mol. The zero-order valence-corrected chi connectivity index (χ0v) is 12.6. The van der Waals surface area contributed by atoms with Gasteiger partial charge in [0.2, 0.25) is 0 Å². The van der Waals surface area contributed by atoms with Crippen LogP contribution in [-0.2, 0) is 6.18 Å². The minimum Gasteiger partial charge on any atom is -0.309 e. The maximum Gasteiger partial charge on any atom is 0.416 e. The molecule has 0 bridgehead atoms. The third-order valence-corrected chi connectivity index (χ3v) is 4.02. The number of likely N-dealkylation sites (N-methyl/N-ethyl adjacent to an activating group) is 1. The van der Waals surface area contributed by atoms with Gasteiger partial charge >= 0.3 is 6.18 Å². The summed E-state index contributed by atoms with van der Waals surface area (Å²) in [4.78, 5) is 2.33. The topological polar surface area (TPSA) is 15.3 Å². The highest BCUT2D eigenvalue weighted by molar-refractivity contribution is 5.28. The van der Waals surface area contributed by atoms with E-state index in [-0.39, 0.29) is 6.04 Å². The second kappa shape index (κ2) is 6.79. The molecule has 0 aromatic heterocycles. The van der Waals surface area contributed by atoms with Crippen LogP contribution in [0.15, 0.2) is 24.3 Å². The van der Waals surface area contributed by atoms with Gasteiger partial charge in [0.05, 0.1) is 5.56 Å². The number of hydrogen-bond donors (Lipinski definition) is 1. The first-order chi connectivity index (χ1) is 9.90. The van der Waals surface area contributed by atoms with Crippen LogP contribution in [0.4, 0.5) is 13.2 Å². The van der Waals surface area contributed by atoms with Gasteiger partial charge in [-0.2, -0.15) is 13.2 Å². The van der Waals surface area contributed by atoms with Gasteiger partial charge in [0, 0.05) is 19.1 Å². The fourth-order valence-corrected chi connectivity index (χ4v) is 2.92. The molecule has 0 spiro atoms. The highest BCUT2D eigenvalue weighted by Gasteiger charge is 2.31. The normalized spacial score (nSPS) is 21.7. The van der Waals surface area contributed by atoms with Crippen LogP contribution in [0.5, 0.6) is 0 Å². The molecule has 21 heavy (non-hydrogen) atoms. The molecular weight excluding hydrogens is 277 g/mol. The van der Waals surface area contributed by atoms with Gasteiger partial charge in [0.15, 0.2) is 0 Å². The van der Waals surface area contributed by atoms with Gasteiger partial charge in [0.25, 0.3) is 0 Å². The fourth-order valence-electron chi connectivity index (χ4n) is 2.92. The first-order valence-electron chi connectivity index (χ1n) is 7.53. The lowest BCUT2D eigenvalue weighted by Gasteiger charge is -2.25. The Morgan fingerprint density at radius 1 is 1.38 bits per heavy atom. The van der Waals surface area contributed by atoms with Crippen molar-refractivity contribution in [2.24, 2.45) is 5.92 Å². The van der Waals surface area contributed by atoms with E-state index in [4.69, 9.17) is 0 Å². The molecule has 1 aliphatic rings. The van der Waals surface area contributed by atoms with Crippen LogP contribution in [0.25, 0.3) is 0 Å². The molecule has 1 N–H and O–H groups in total. The smallest absolute Gasteiger partial charge is 0.309 e. The van der Waals surface area contributed by atoms with E-state index in [9.17, 15) is 13.2 Å². The highest BCUT2D eigenvalue weighted by atomic mass is 19.4. The SMILES string of the molecule is CCNC(CN1CCC(C)C1)c1cccc(C(F)(F)F)c1. The number of likely N-dealkylation sites (tertiary alicyclic amines) is 1. The molecule has 118 valence electrons. The molecule has 0 aliphatic carbocycles. The maximum absolute atomic E-state index is 12.8. The molecule has 2 rings (SSSR count). The van der Waals surface area contributed by atoms with Crippen molar-refractivity contribution < 1.29 is 13.2 Å². The summed E-state index contributed by atoms with van der Waals surface area (Å²) in [6.45, 7) is 7.76. The van der Waals surface area contributed by atoms with Crippen LogP contribution in [0.2, 0.25) is 0 Å². The van der Waals surface area contributed by atoms with Gasteiger partial charge < -0.3 is 10.2 Å². The summed E-state index contributed by atoms with van der Waals surface area (Å²) in [5, 5.41) is 3.31. The maximum atomic E-state index is 12.8. The summed E-state index contributed by atoms with van der Waals surface area (Å²) >= 11 is 0. The minimum atomic E-state index is -4.28. The molecule has 1 aromatic rings. The van der Waals surface area contributed by atoms with Crippen molar-refractivity contribution in [2.75, 3.05) is 26.2 Å². The van der Waals surface area contributed by atoms with Crippen molar-refractivity contribution in [3.8, 4) is 0 Å². The van der Waals surface area contributed by atoms with E-state index in [1.807, 2.05) is 6.92 Å². The Morgan fingerprint density at radius 2 is 2.14 bits per heavy atom. The summed E-state index contributed by atoms with van der Waals surface area (Å²) in [5.41, 5.74) is 0.143. The summed E-state index contributed by atoms with van der Waals surface area (Å²) in [5.74, 6) is 0.675. The first kappa shape index (κ1) is 16.3. The molecule has 1 saturated heterocycles. The molecule has 5 heteroatoms. The number of nitrogens with one attached hydrogen (secondary N) is 1. The van der Waals surface area contributed by atoms with E-state index >= 15 is 0 Å². The molecule has 0 radical (unpaired) electrons. The van der Waals surface area contributed by atoms with Gasteiger partial charge in [-0.25, -0.2) is 0 Å². The Kier molecular flexibility index (Phi) is 5.27. The Bertz CT molecular complexity index is 459. The quantitative estimate of drug-likeness (QED) is 0.892. The van der Waals surface area contributed by atoms with E-state index in [1.165, 1.54) is 18.6 Å². The van der Waals surface area contributed by atoms with Crippen molar-refractivity contribution >= 4 is 0 Å². The zero-order valence-electron chi connectivity index (χ0n) is 12.6. The van der Waals surface area contributed by atoms with E-state index < -0.39 is 11.7 Å². The Morgan fingerprint density at radius 3 is 2.71 bits per heavy atom. The third kappa shape index (κ3) is 4.45. The van der Waals surface area contributed by atoms with Crippen molar-refractivity contribution in [3.63, 3.8) is 0 Å². The number of rotatable bonds is 5. The molecule has 0 saturated carbocycles. The number of benzene rings is 1. The first-order valence-corrected chi connectivity index (χ1v) is 7.53. The summed E-state index contributed by atoms with van der Waals surface area (Å²) in [6.07, 6.45) is -3.11. The van der Waals surface area contributed by atoms with Gasteiger partial charge in [0.1, 0.15) is 0 Å². The molecule has 1 aromatic carbocycles. The Balaban J connectivity index is 2.14. The molecule has 2 unspecified atom stereocenters. The molecule has 1 heterocycles. The van der Waals surface area contributed by atoms with E-state index in [2.05, 4.69) is 17.1 Å². The van der Waals surface area contributed by atoms with Crippen molar-refractivity contribution in [1.29, 1.82) is 0 Å². The lowest BCUT2D eigenvalue weighted by atomic mass is 10.0. The predicted octanol–water partition coefficient (Wildman–Crippen LogP) is 3.70. The Hall–Kier alpha value is -1.07.